The van der Waals surface area contributed by atoms with Crippen LogP contribution in [0.2, 0.25) is 0 Å². The fourth-order valence-electron chi connectivity index (χ4n) is 2.59. The van der Waals surface area contributed by atoms with Crippen LogP contribution in [0.15, 0.2) is 53.8 Å². The van der Waals surface area contributed by atoms with Gasteiger partial charge in [-0.2, -0.15) is 0 Å². The van der Waals surface area contributed by atoms with E-state index in [2.05, 4.69) is 18.2 Å². The van der Waals surface area contributed by atoms with Gasteiger partial charge in [0.1, 0.15) is 6.61 Å². The van der Waals surface area contributed by atoms with Gasteiger partial charge in [-0.25, -0.2) is 0 Å². The molecule has 3 rings (SSSR count). The topological polar surface area (TPSA) is 9.23 Å². The highest BCUT2D eigenvalue weighted by Gasteiger charge is 2.28. The molecule has 0 spiro atoms. The van der Waals surface area contributed by atoms with Gasteiger partial charge in [0.2, 0.25) is 0 Å². The number of hydrogen-bond donors (Lipinski definition) is 0. The molecule has 16 heavy (non-hydrogen) atoms. The molecule has 0 amide bonds. The summed E-state index contributed by atoms with van der Waals surface area (Å²) in [5, 5.41) is 0. The Balaban J connectivity index is 1.60. The first kappa shape index (κ1) is 9.71. The van der Waals surface area contributed by atoms with E-state index in [1.807, 2.05) is 24.5 Å². The van der Waals surface area contributed by atoms with Crippen LogP contribution in [0.1, 0.15) is 24.8 Å². The third kappa shape index (κ3) is 1.90. The summed E-state index contributed by atoms with van der Waals surface area (Å²) in [6.45, 7) is 0.681. The zero-order valence-corrected chi connectivity index (χ0v) is 9.36. The van der Waals surface area contributed by atoms with Crippen LogP contribution in [-0.4, -0.2) is 0 Å². The van der Waals surface area contributed by atoms with Gasteiger partial charge in [0.05, 0.1) is 6.26 Å². The van der Waals surface area contributed by atoms with Gasteiger partial charge < -0.3 is 4.74 Å². The lowest BCUT2D eigenvalue weighted by Gasteiger charge is -2.09. The Kier molecular flexibility index (Phi) is 2.53. The van der Waals surface area contributed by atoms with Crippen molar-refractivity contribution >= 4 is 0 Å². The van der Waals surface area contributed by atoms with E-state index in [0.717, 1.165) is 5.92 Å². The van der Waals surface area contributed by atoms with Crippen molar-refractivity contribution < 1.29 is 4.74 Å². The first-order valence-electron chi connectivity index (χ1n) is 5.97. The van der Waals surface area contributed by atoms with Gasteiger partial charge in [-0.3, -0.25) is 0 Å². The number of benzene rings is 1. The molecular weight excluding hydrogens is 196 g/mol. The van der Waals surface area contributed by atoms with Crippen LogP contribution in [-0.2, 0) is 11.3 Å². The first-order valence-corrected chi connectivity index (χ1v) is 5.97. The Morgan fingerprint density at radius 3 is 2.81 bits per heavy atom. The lowest BCUT2D eigenvalue weighted by molar-refractivity contribution is 0.232. The van der Waals surface area contributed by atoms with Gasteiger partial charge in [0.25, 0.3) is 0 Å². The van der Waals surface area contributed by atoms with Crippen molar-refractivity contribution in [2.45, 2.75) is 25.9 Å². The molecule has 82 valence electrons. The maximum absolute atomic E-state index is 5.65. The molecule has 1 nitrogen and oxygen atoms in total. The molecule has 1 fully saturated rings. The fraction of sp³-hybridized carbons (Fsp3) is 0.333. The van der Waals surface area contributed by atoms with E-state index < -0.39 is 0 Å². The molecule has 2 bridgehead atoms. The smallest absolute Gasteiger partial charge is 0.112 e. The van der Waals surface area contributed by atoms with Gasteiger partial charge in [0, 0.05) is 0 Å². The highest BCUT2D eigenvalue weighted by molar-refractivity contribution is 5.36. The van der Waals surface area contributed by atoms with E-state index >= 15 is 0 Å². The molecular formula is C15H16O. The minimum atomic E-state index is 0.681. The van der Waals surface area contributed by atoms with Crippen LogP contribution in [0.5, 0.6) is 0 Å². The Morgan fingerprint density at radius 1 is 1.25 bits per heavy atom. The summed E-state index contributed by atoms with van der Waals surface area (Å²) in [5.41, 5.74) is 4.24. The quantitative estimate of drug-likeness (QED) is 0.692. The van der Waals surface area contributed by atoms with Gasteiger partial charge in [-0.1, -0.05) is 42.0 Å². The number of rotatable bonds is 3. The van der Waals surface area contributed by atoms with Gasteiger partial charge in [-0.15, -0.1) is 0 Å². The predicted octanol–water partition coefficient (Wildman–Crippen LogP) is 3.83. The first-order chi connectivity index (χ1) is 7.92. The Hall–Kier alpha value is -1.50. The molecule has 0 aliphatic heterocycles. The number of allylic oxidation sites excluding steroid dienone is 3. The van der Waals surface area contributed by atoms with E-state index in [9.17, 15) is 0 Å². The summed E-state index contributed by atoms with van der Waals surface area (Å²) < 4.78 is 5.65. The molecule has 0 radical (unpaired) electrons. The number of ether oxygens (including phenoxy) is 1. The number of hydrogen-bond acceptors (Lipinski definition) is 1. The van der Waals surface area contributed by atoms with Gasteiger partial charge in [0.15, 0.2) is 0 Å². The maximum atomic E-state index is 5.65. The molecule has 2 aliphatic carbocycles. The lowest BCUT2D eigenvalue weighted by atomic mass is 10.0. The Labute approximate surface area is 96.4 Å². The standard InChI is InChI=1S/C15H16O/c1-2-4-12(5-3-1)10-16-11-15-9-13-6-7-14(15)8-13/h1-5,9,11,14H,6-8,10H2. The van der Waals surface area contributed by atoms with E-state index in [0.29, 0.717) is 6.61 Å². The third-order valence-electron chi connectivity index (χ3n) is 3.48. The van der Waals surface area contributed by atoms with Crippen LogP contribution in [0.25, 0.3) is 0 Å². The van der Waals surface area contributed by atoms with Crippen molar-refractivity contribution in [1.29, 1.82) is 0 Å². The minimum absolute atomic E-state index is 0.681. The summed E-state index contributed by atoms with van der Waals surface area (Å²) >= 11 is 0. The van der Waals surface area contributed by atoms with Crippen LogP contribution in [0, 0.1) is 5.92 Å². The second kappa shape index (κ2) is 4.17. The molecule has 0 heterocycles. The number of fused-ring (bicyclic) bond motifs is 2. The van der Waals surface area contributed by atoms with Gasteiger partial charge in [-0.05, 0) is 36.3 Å². The van der Waals surface area contributed by atoms with E-state index in [1.165, 1.54) is 30.4 Å². The molecule has 1 heteroatoms. The average Bonchev–Trinajstić information content (AvgIpc) is 2.92. The minimum Gasteiger partial charge on any atom is -0.496 e. The predicted molar refractivity (Wildman–Crippen MR) is 64.7 cm³/mol. The van der Waals surface area contributed by atoms with Crippen molar-refractivity contribution in [2.24, 2.45) is 5.92 Å². The third-order valence-corrected chi connectivity index (χ3v) is 3.48. The average molecular weight is 212 g/mol. The van der Waals surface area contributed by atoms with Crippen molar-refractivity contribution in [3.63, 3.8) is 0 Å². The van der Waals surface area contributed by atoms with E-state index in [4.69, 9.17) is 4.74 Å². The molecule has 1 aromatic rings. The Bertz CT molecular complexity index is 428. The van der Waals surface area contributed by atoms with Gasteiger partial charge >= 0.3 is 0 Å². The summed E-state index contributed by atoms with van der Waals surface area (Å²) in [6.07, 6.45) is 8.19. The molecule has 2 aliphatic rings. The normalized spacial score (nSPS) is 24.9. The zero-order chi connectivity index (χ0) is 10.8. The summed E-state index contributed by atoms with van der Waals surface area (Å²) in [4.78, 5) is 0. The molecule has 0 saturated heterocycles. The molecule has 1 atom stereocenters. The summed E-state index contributed by atoms with van der Waals surface area (Å²) in [6, 6.07) is 10.3. The highest BCUT2D eigenvalue weighted by Crippen LogP contribution is 2.42. The molecule has 0 aromatic heterocycles. The monoisotopic (exact) mass is 212 g/mol. The fourth-order valence-corrected chi connectivity index (χ4v) is 2.59. The molecule has 1 saturated carbocycles. The molecule has 0 N–H and O–H groups in total. The largest absolute Gasteiger partial charge is 0.496 e. The van der Waals surface area contributed by atoms with E-state index in [1.54, 1.807) is 5.57 Å². The highest BCUT2D eigenvalue weighted by atomic mass is 16.5. The van der Waals surface area contributed by atoms with Crippen LogP contribution in [0.3, 0.4) is 0 Å². The van der Waals surface area contributed by atoms with E-state index in [-0.39, 0.29) is 0 Å². The lowest BCUT2D eigenvalue weighted by Crippen LogP contribution is -1.95. The van der Waals surface area contributed by atoms with Crippen molar-refractivity contribution in [3.05, 3.63) is 59.4 Å². The maximum Gasteiger partial charge on any atom is 0.112 e. The second-order valence-electron chi connectivity index (χ2n) is 4.66. The second-order valence-corrected chi connectivity index (χ2v) is 4.66. The summed E-state index contributed by atoms with van der Waals surface area (Å²) in [5.74, 6) is 0.755. The Morgan fingerprint density at radius 2 is 2.12 bits per heavy atom. The zero-order valence-electron chi connectivity index (χ0n) is 9.36. The summed E-state index contributed by atoms with van der Waals surface area (Å²) in [7, 11) is 0. The SMILES string of the molecule is C1=C2CCC(C2)C1=COCc1ccccc1. The van der Waals surface area contributed by atoms with Crippen molar-refractivity contribution in [2.75, 3.05) is 0 Å². The molecule has 1 aromatic carbocycles. The molecule has 1 unspecified atom stereocenters. The van der Waals surface area contributed by atoms with Crippen LogP contribution < -0.4 is 0 Å². The van der Waals surface area contributed by atoms with Crippen molar-refractivity contribution in [3.8, 4) is 0 Å². The van der Waals surface area contributed by atoms with Crippen LogP contribution in [0.4, 0.5) is 0 Å². The van der Waals surface area contributed by atoms with Crippen LogP contribution >= 0.6 is 0 Å². The van der Waals surface area contributed by atoms with Crippen molar-refractivity contribution in [1.82, 2.24) is 0 Å².